The van der Waals surface area contributed by atoms with Gasteiger partial charge in [-0.25, -0.2) is 4.98 Å². The van der Waals surface area contributed by atoms with Gasteiger partial charge in [0.2, 0.25) is 0 Å². The molecule has 0 aliphatic carbocycles. The van der Waals surface area contributed by atoms with Crippen LogP contribution in [0.5, 0.6) is 11.5 Å². The lowest BCUT2D eigenvalue weighted by Gasteiger charge is -2.13. The summed E-state index contributed by atoms with van der Waals surface area (Å²) in [4.78, 5) is 17.7. The Bertz CT molecular complexity index is 1860. The number of nitrogens with zero attached hydrogens (tertiary/aromatic N) is 3. The van der Waals surface area contributed by atoms with Crippen molar-refractivity contribution >= 4 is 48.0 Å². The topological polar surface area (TPSA) is 80.5 Å². The number of benzene rings is 4. The maximum atomic E-state index is 13.0. The van der Waals surface area contributed by atoms with Crippen LogP contribution in [0.3, 0.4) is 0 Å². The van der Waals surface area contributed by atoms with Gasteiger partial charge in [0, 0.05) is 40.6 Å². The third kappa shape index (κ3) is 5.93. The van der Waals surface area contributed by atoms with E-state index in [9.17, 15) is 4.79 Å². The van der Waals surface area contributed by atoms with Gasteiger partial charge in [-0.3, -0.25) is 4.79 Å². The van der Waals surface area contributed by atoms with Crippen LogP contribution in [-0.2, 0) is 6.54 Å². The van der Waals surface area contributed by atoms with E-state index in [1.165, 1.54) is 0 Å². The van der Waals surface area contributed by atoms with Gasteiger partial charge in [0.1, 0.15) is 25.2 Å². The Balaban J connectivity index is 1.18. The summed E-state index contributed by atoms with van der Waals surface area (Å²) >= 11 is 6.44. The van der Waals surface area contributed by atoms with Crippen molar-refractivity contribution in [2.24, 2.45) is 0 Å². The molecule has 2 N–H and O–H groups in total. The zero-order valence-electron chi connectivity index (χ0n) is 21.8. The smallest absolute Gasteiger partial charge is 0.255 e. The van der Waals surface area contributed by atoms with Crippen LogP contribution in [0.2, 0.25) is 5.02 Å². The minimum Gasteiger partial charge on any atom is -0.457 e. The fourth-order valence-electron chi connectivity index (χ4n) is 4.39. The van der Waals surface area contributed by atoms with E-state index >= 15 is 0 Å². The average molecular weight is 556 g/mol. The number of nitrogens with one attached hydrogen (secondary N) is 2. The summed E-state index contributed by atoms with van der Waals surface area (Å²) < 4.78 is 7.53. The molecule has 41 heavy (non-hydrogen) atoms. The van der Waals surface area contributed by atoms with E-state index in [-0.39, 0.29) is 5.91 Å². The predicted molar refractivity (Wildman–Crippen MR) is 164 cm³/mol. The van der Waals surface area contributed by atoms with Crippen molar-refractivity contribution in [2.75, 3.05) is 10.6 Å². The molecule has 1 amide bonds. The normalized spacial score (nSPS) is 10.9. The number of rotatable bonds is 8. The zero-order valence-corrected chi connectivity index (χ0v) is 22.5. The molecule has 0 saturated carbocycles. The molecule has 0 spiro atoms. The molecule has 0 aliphatic rings. The molecule has 6 aromatic rings. The Morgan fingerprint density at radius 1 is 0.878 bits per heavy atom. The summed E-state index contributed by atoms with van der Waals surface area (Å²) in [6.45, 7) is 0.463. The quantitative estimate of drug-likeness (QED) is 0.210. The van der Waals surface area contributed by atoms with Crippen LogP contribution in [-0.4, -0.2) is 28.4 Å². The highest BCUT2D eigenvalue weighted by Crippen LogP contribution is 2.28. The van der Waals surface area contributed by atoms with Gasteiger partial charge in [-0.15, -0.1) is 0 Å². The van der Waals surface area contributed by atoms with Crippen LogP contribution < -0.4 is 20.8 Å². The van der Waals surface area contributed by atoms with Crippen molar-refractivity contribution in [3.63, 3.8) is 0 Å². The minimum absolute atomic E-state index is 0.235. The summed E-state index contributed by atoms with van der Waals surface area (Å²) in [5.41, 5.74) is 4.58. The van der Waals surface area contributed by atoms with Crippen LogP contribution in [0.4, 0.5) is 11.5 Å². The Labute approximate surface area is 243 Å². The van der Waals surface area contributed by atoms with Crippen molar-refractivity contribution in [3.8, 4) is 22.8 Å². The van der Waals surface area contributed by atoms with Crippen LogP contribution in [0, 0.1) is 0 Å². The van der Waals surface area contributed by atoms with Gasteiger partial charge in [-0.1, -0.05) is 66.2 Å². The first-order valence-corrected chi connectivity index (χ1v) is 13.3. The molecule has 0 aliphatic heterocycles. The minimum atomic E-state index is -0.235. The van der Waals surface area contributed by atoms with Crippen LogP contribution in [0.1, 0.15) is 15.9 Å². The number of halogens is 1. The van der Waals surface area contributed by atoms with E-state index in [4.69, 9.17) is 24.2 Å². The molecule has 4 aromatic carbocycles. The molecule has 2 heterocycles. The van der Waals surface area contributed by atoms with Gasteiger partial charge >= 0.3 is 0 Å². The fraction of sp³-hybridized carbons (Fsp3) is 0.0312. The number of carbonyl (C=O) groups excluding carboxylic acids is 1. The van der Waals surface area contributed by atoms with Gasteiger partial charge in [0.25, 0.3) is 5.91 Å². The Morgan fingerprint density at radius 3 is 2.51 bits per heavy atom. The molecule has 6 rings (SSSR count). The SMILES string of the molecule is [B]c1cnn2c(NCc3cccc(NC(=O)c4cccc(Oc5ccccc5)c4)c3)cc(-c3ccccc3Cl)nc12. The van der Waals surface area contributed by atoms with E-state index in [1.54, 1.807) is 28.9 Å². The van der Waals surface area contributed by atoms with Crippen molar-refractivity contribution < 1.29 is 9.53 Å². The number of hydrogen-bond donors (Lipinski definition) is 2. The summed E-state index contributed by atoms with van der Waals surface area (Å²) in [5.74, 6) is 1.75. The fourth-order valence-corrected chi connectivity index (χ4v) is 4.63. The standard InChI is InChI=1S/C32H23BClN5O2/c33-27-20-36-39-30(18-29(38-31(27)39)26-14-4-5-15-28(26)34)35-19-21-8-6-10-23(16-21)37-32(40)22-9-7-13-25(17-22)41-24-11-2-1-3-12-24/h1-18,20,35H,19H2,(H,37,40). The number of ether oxygens (including phenoxy) is 1. The highest BCUT2D eigenvalue weighted by molar-refractivity contribution is 6.36. The molecule has 9 heteroatoms. The van der Waals surface area contributed by atoms with Crippen molar-refractivity contribution in [2.45, 2.75) is 6.54 Å². The average Bonchev–Trinajstić information content (AvgIpc) is 3.37. The monoisotopic (exact) mass is 555 g/mol. The lowest BCUT2D eigenvalue weighted by Crippen LogP contribution is -2.12. The number of hydrogen-bond acceptors (Lipinski definition) is 5. The van der Waals surface area contributed by atoms with E-state index in [2.05, 4.69) is 20.7 Å². The van der Waals surface area contributed by atoms with Gasteiger partial charge < -0.3 is 15.4 Å². The second-order valence-electron chi connectivity index (χ2n) is 9.29. The van der Waals surface area contributed by atoms with Crippen LogP contribution in [0.15, 0.2) is 115 Å². The highest BCUT2D eigenvalue weighted by Gasteiger charge is 2.13. The van der Waals surface area contributed by atoms with E-state index in [0.29, 0.717) is 56.9 Å². The third-order valence-corrected chi connectivity index (χ3v) is 6.71. The van der Waals surface area contributed by atoms with E-state index in [1.807, 2.05) is 91.0 Å². The second-order valence-corrected chi connectivity index (χ2v) is 9.70. The molecule has 198 valence electrons. The van der Waals surface area contributed by atoms with Gasteiger partial charge in [0.05, 0.1) is 5.69 Å². The van der Waals surface area contributed by atoms with Gasteiger partial charge in [-0.2, -0.15) is 9.61 Å². The van der Waals surface area contributed by atoms with Gasteiger partial charge in [0.15, 0.2) is 5.65 Å². The van der Waals surface area contributed by atoms with Crippen LogP contribution >= 0.6 is 11.6 Å². The summed E-state index contributed by atoms with van der Waals surface area (Å²) in [7, 11) is 6.14. The first-order valence-electron chi connectivity index (χ1n) is 12.9. The molecule has 0 atom stereocenters. The number of aromatic nitrogens is 3. The summed E-state index contributed by atoms with van der Waals surface area (Å²) in [5, 5.41) is 11.4. The number of para-hydroxylation sites is 1. The summed E-state index contributed by atoms with van der Waals surface area (Å²) in [6.07, 6.45) is 1.57. The molecular formula is C32H23BClN5O2. The van der Waals surface area contributed by atoms with Crippen molar-refractivity contribution in [1.29, 1.82) is 0 Å². The molecule has 2 radical (unpaired) electrons. The lowest BCUT2D eigenvalue weighted by atomic mass is 10.0. The lowest BCUT2D eigenvalue weighted by molar-refractivity contribution is 0.102. The Morgan fingerprint density at radius 2 is 1.66 bits per heavy atom. The predicted octanol–water partition coefficient (Wildman–Crippen LogP) is 6.50. The summed E-state index contributed by atoms with van der Waals surface area (Å²) in [6, 6.07) is 33.5. The number of anilines is 2. The highest BCUT2D eigenvalue weighted by atomic mass is 35.5. The molecule has 0 bridgehead atoms. The first-order chi connectivity index (χ1) is 20.0. The molecular weight excluding hydrogens is 533 g/mol. The second kappa shape index (κ2) is 11.6. The number of amides is 1. The molecule has 2 aromatic heterocycles. The molecule has 7 nitrogen and oxygen atoms in total. The molecule has 0 fully saturated rings. The zero-order chi connectivity index (χ0) is 28.2. The Kier molecular flexibility index (Phi) is 7.39. The van der Waals surface area contributed by atoms with E-state index in [0.717, 1.165) is 11.1 Å². The van der Waals surface area contributed by atoms with Crippen LogP contribution in [0.25, 0.3) is 16.9 Å². The van der Waals surface area contributed by atoms with Gasteiger partial charge in [-0.05, 0) is 59.6 Å². The molecule has 0 saturated heterocycles. The van der Waals surface area contributed by atoms with E-state index < -0.39 is 0 Å². The number of fused-ring (bicyclic) bond motifs is 1. The maximum absolute atomic E-state index is 13.0. The van der Waals surface area contributed by atoms with Crippen molar-refractivity contribution in [3.05, 3.63) is 132 Å². The Hall–Kier alpha value is -5.08. The third-order valence-electron chi connectivity index (χ3n) is 6.38. The largest absolute Gasteiger partial charge is 0.457 e. The first kappa shape index (κ1) is 26.2. The number of carbonyl (C=O) groups is 1. The van der Waals surface area contributed by atoms with Crippen molar-refractivity contribution in [1.82, 2.24) is 14.6 Å². The maximum Gasteiger partial charge on any atom is 0.255 e. The molecule has 0 unspecified atom stereocenters.